The van der Waals surface area contributed by atoms with Crippen LogP contribution in [0.5, 0.6) is 0 Å². The van der Waals surface area contributed by atoms with Crippen molar-refractivity contribution in [2.45, 2.75) is 84.5 Å². The van der Waals surface area contributed by atoms with Gasteiger partial charge in [0, 0.05) is 4.47 Å². The Balaban J connectivity index is 1.89. The predicted molar refractivity (Wildman–Crippen MR) is 118 cm³/mol. The first-order chi connectivity index (χ1) is 12.8. The van der Waals surface area contributed by atoms with Crippen LogP contribution in [0.25, 0.3) is 11.1 Å². The first-order valence-electron chi connectivity index (χ1n) is 10.7. The average molecular weight is 413 g/mol. The van der Waals surface area contributed by atoms with E-state index in [-0.39, 0.29) is 0 Å². The fourth-order valence-corrected chi connectivity index (χ4v) is 5.06. The Morgan fingerprint density at radius 1 is 0.769 bits per heavy atom. The lowest BCUT2D eigenvalue weighted by Gasteiger charge is -2.17. The Morgan fingerprint density at radius 3 is 2.12 bits per heavy atom. The maximum absolute atomic E-state index is 3.94. The van der Waals surface area contributed by atoms with Crippen molar-refractivity contribution in [2.75, 3.05) is 0 Å². The highest BCUT2D eigenvalue weighted by molar-refractivity contribution is 9.10. The zero-order valence-corrected chi connectivity index (χ0v) is 18.1. The molecule has 0 aliphatic heterocycles. The molecule has 140 valence electrons. The van der Waals surface area contributed by atoms with E-state index in [1.165, 1.54) is 85.4 Å². The lowest BCUT2D eigenvalue weighted by atomic mass is 9.89. The van der Waals surface area contributed by atoms with Gasteiger partial charge >= 0.3 is 0 Å². The molecule has 0 atom stereocenters. The molecule has 0 radical (unpaired) electrons. The average Bonchev–Trinajstić information content (AvgIpc) is 3.02. The highest BCUT2D eigenvalue weighted by Crippen LogP contribution is 2.43. The number of unbranched alkanes of at least 4 members (excludes halogenated alkanes) is 6. The summed E-state index contributed by atoms with van der Waals surface area (Å²) < 4.78 is 1.34. The molecule has 1 aliphatic carbocycles. The highest BCUT2D eigenvalue weighted by Gasteiger charge is 2.24. The molecule has 26 heavy (non-hydrogen) atoms. The second-order valence-corrected chi connectivity index (χ2v) is 8.65. The zero-order valence-electron chi connectivity index (χ0n) is 16.5. The molecule has 0 aromatic heterocycles. The third-order valence-corrected chi connectivity index (χ3v) is 6.56. The van der Waals surface area contributed by atoms with E-state index in [0.29, 0.717) is 0 Å². The third kappa shape index (κ3) is 4.42. The molecule has 0 amide bonds. The van der Waals surface area contributed by atoms with Gasteiger partial charge in [-0.1, -0.05) is 92.6 Å². The summed E-state index contributed by atoms with van der Waals surface area (Å²) in [5.74, 6) is 0. The SMILES string of the molecule is CCCCCCc1c(Br)cc2c(c1CCCCCC)Cc1ccccc1-2. The molecular weight excluding hydrogens is 380 g/mol. The third-order valence-electron chi connectivity index (χ3n) is 5.85. The van der Waals surface area contributed by atoms with Crippen molar-refractivity contribution in [3.05, 3.63) is 57.1 Å². The molecule has 1 aliphatic rings. The largest absolute Gasteiger partial charge is 0.0654 e. The predicted octanol–water partition coefficient (Wildman–Crippen LogP) is 8.27. The molecule has 0 nitrogen and oxygen atoms in total. The van der Waals surface area contributed by atoms with E-state index in [0.717, 1.165) is 6.42 Å². The molecule has 0 unspecified atom stereocenters. The molecular formula is C25H33Br. The van der Waals surface area contributed by atoms with Crippen molar-refractivity contribution < 1.29 is 0 Å². The van der Waals surface area contributed by atoms with Crippen LogP contribution in [-0.2, 0) is 19.3 Å². The minimum absolute atomic E-state index is 1.13. The molecule has 2 aromatic carbocycles. The van der Waals surface area contributed by atoms with Crippen LogP contribution in [0.15, 0.2) is 34.8 Å². The second-order valence-electron chi connectivity index (χ2n) is 7.80. The lowest BCUT2D eigenvalue weighted by Crippen LogP contribution is -2.03. The first-order valence-corrected chi connectivity index (χ1v) is 11.5. The molecule has 0 bridgehead atoms. The standard InChI is InChI=1S/C25H33Br/c1-3-5-7-9-15-21-22(16-10-8-6-4-2)25(26)18-24-20-14-12-11-13-19(20)17-23(21)24/h11-14,18H,3-10,15-17H2,1-2H3. The van der Waals surface area contributed by atoms with Gasteiger partial charge in [-0.25, -0.2) is 0 Å². The maximum atomic E-state index is 3.94. The first kappa shape index (κ1) is 19.7. The summed E-state index contributed by atoms with van der Waals surface area (Å²) in [6.07, 6.45) is 14.3. The number of hydrogen-bond donors (Lipinski definition) is 0. The van der Waals surface area contributed by atoms with Crippen LogP contribution in [-0.4, -0.2) is 0 Å². The number of benzene rings is 2. The summed E-state index contributed by atoms with van der Waals surface area (Å²) in [5, 5.41) is 0. The van der Waals surface area contributed by atoms with Crippen LogP contribution in [0, 0.1) is 0 Å². The van der Waals surface area contributed by atoms with Gasteiger partial charge in [0.1, 0.15) is 0 Å². The summed E-state index contributed by atoms with van der Waals surface area (Å²) in [4.78, 5) is 0. The van der Waals surface area contributed by atoms with E-state index in [2.05, 4.69) is 60.1 Å². The van der Waals surface area contributed by atoms with Crippen molar-refractivity contribution in [2.24, 2.45) is 0 Å². The van der Waals surface area contributed by atoms with Crippen LogP contribution in [0.3, 0.4) is 0 Å². The molecule has 3 rings (SSSR count). The van der Waals surface area contributed by atoms with Gasteiger partial charge in [-0.05, 0) is 71.6 Å². The van der Waals surface area contributed by atoms with Gasteiger partial charge in [0.25, 0.3) is 0 Å². The maximum Gasteiger partial charge on any atom is 0.0216 e. The van der Waals surface area contributed by atoms with E-state index >= 15 is 0 Å². The van der Waals surface area contributed by atoms with E-state index in [1.54, 1.807) is 16.7 Å². The Labute approximate surface area is 168 Å². The van der Waals surface area contributed by atoms with E-state index in [9.17, 15) is 0 Å². The normalized spacial score (nSPS) is 12.3. The van der Waals surface area contributed by atoms with Crippen molar-refractivity contribution in [1.29, 1.82) is 0 Å². The van der Waals surface area contributed by atoms with Crippen LogP contribution < -0.4 is 0 Å². The fourth-order valence-electron chi connectivity index (χ4n) is 4.39. The Bertz CT molecular complexity index is 729. The topological polar surface area (TPSA) is 0 Å². The number of hydrogen-bond acceptors (Lipinski definition) is 0. The van der Waals surface area contributed by atoms with Crippen LogP contribution in [0.4, 0.5) is 0 Å². The monoisotopic (exact) mass is 412 g/mol. The molecule has 2 aromatic rings. The second kappa shape index (κ2) is 9.74. The van der Waals surface area contributed by atoms with Gasteiger partial charge in [0.15, 0.2) is 0 Å². The number of rotatable bonds is 10. The lowest BCUT2D eigenvalue weighted by molar-refractivity contribution is 0.648. The number of halogens is 1. The summed E-state index contributed by atoms with van der Waals surface area (Å²) in [6.45, 7) is 4.59. The molecule has 0 spiro atoms. The Hall–Kier alpha value is -1.08. The minimum atomic E-state index is 1.13. The molecule has 0 saturated heterocycles. The van der Waals surface area contributed by atoms with Gasteiger partial charge in [-0.3, -0.25) is 0 Å². The molecule has 0 saturated carbocycles. The molecule has 1 heteroatoms. The molecule has 0 N–H and O–H groups in total. The molecule has 0 fully saturated rings. The van der Waals surface area contributed by atoms with Gasteiger partial charge < -0.3 is 0 Å². The van der Waals surface area contributed by atoms with Crippen LogP contribution >= 0.6 is 15.9 Å². The summed E-state index contributed by atoms with van der Waals surface area (Å²) >= 11 is 3.94. The number of fused-ring (bicyclic) bond motifs is 3. The van der Waals surface area contributed by atoms with Gasteiger partial charge in [-0.15, -0.1) is 0 Å². The molecule has 0 heterocycles. The highest BCUT2D eigenvalue weighted by atomic mass is 79.9. The summed E-state index contributed by atoms with van der Waals surface area (Å²) in [6, 6.07) is 11.4. The fraction of sp³-hybridized carbons (Fsp3) is 0.520. The zero-order chi connectivity index (χ0) is 18.4. The van der Waals surface area contributed by atoms with E-state index in [4.69, 9.17) is 0 Å². The Kier molecular flexibility index (Phi) is 7.37. The van der Waals surface area contributed by atoms with E-state index in [1.807, 2.05) is 0 Å². The quantitative estimate of drug-likeness (QED) is 0.293. The minimum Gasteiger partial charge on any atom is -0.0654 e. The van der Waals surface area contributed by atoms with E-state index < -0.39 is 0 Å². The van der Waals surface area contributed by atoms with Crippen LogP contribution in [0.2, 0.25) is 0 Å². The Morgan fingerprint density at radius 2 is 1.42 bits per heavy atom. The van der Waals surface area contributed by atoms with Crippen molar-refractivity contribution in [3.63, 3.8) is 0 Å². The summed E-state index contributed by atoms with van der Waals surface area (Å²) in [5.41, 5.74) is 9.33. The summed E-state index contributed by atoms with van der Waals surface area (Å²) in [7, 11) is 0. The van der Waals surface area contributed by atoms with Crippen LogP contribution in [0.1, 0.15) is 87.5 Å². The smallest absolute Gasteiger partial charge is 0.0216 e. The van der Waals surface area contributed by atoms with Crippen molar-refractivity contribution in [3.8, 4) is 11.1 Å². The van der Waals surface area contributed by atoms with Crippen molar-refractivity contribution in [1.82, 2.24) is 0 Å². The van der Waals surface area contributed by atoms with Crippen molar-refractivity contribution >= 4 is 15.9 Å². The van der Waals surface area contributed by atoms with Gasteiger partial charge in [0.2, 0.25) is 0 Å². The van der Waals surface area contributed by atoms with Gasteiger partial charge in [0.05, 0.1) is 0 Å². The van der Waals surface area contributed by atoms with Gasteiger partial charge in [-0.2, -0.15) is 0 Å².